The van der Waals surface area contributed by atoms with E-state index in [9.17, 15) is 13.9 Å². The summed E-state index contributed by atoms with van der Waals surface area (Å²) in [5, 5.41) is 19.2. The van der Waals surface area contributed by atoms with Crippen molar-refractivity contribution >= 4 is 18.0 Å². The normalized spacial score (nSPS) is 33.0. The third-order valence-electron chi connectivity index (χ3n) is 3.02. The molecular weight excluding hydrogens is 292 g/mol. The highest BCUT2D eigenvalue weighted by Gasteiger charge is 2.56. The maximum absolute atomic E-state index is 14.0. The topological polar surface area (TPSA) is 93.5 Å². The zero-order valence-electron chi connectivity index (χ0n) is 10.0. The van der Waals surface area contributed by atoms with Gasteiger partial charge >= 0.3 is 0 Å². The molecule has 0 amide bonds. The van der Waals surface area contributed by atoms with Gasteiger partial charge in [0.25, 0.3) is 0 Å². The van der Waals surface area contributed by atoms with Crippen LogP contribution in [-0.4, -0.2) is 44.2 Å². The van der Waals surface area contributed by atoms with E-state index in [1.165, 1.54) is 0 Å². The maximum atomic E-state index is 14.0. The number of rotatable bonds is 2. The van der Waals surface area contributed by atoms with E-state index in [4.69, 9.17) is 34.2 Å². The van der Waals surface area contributed by atoms with Gasteiger partial charge in [-0.15, -0.1) is 6.42 Å². The smallest absolute Gasteiger partial charge is 0.204 e. The number of anilines is 1. The van der Waals surface area contributed by atoms with Gasteiger partial charge in [0.15, 0.2) is 24.0 Å². The molecule has 0 spiro atoms. The van der Waals surface area contributed by atoms with Gasteiger partial charge in [-0.3, -0.25) is 4.57 Å². The molecule has 1 unspecified atom stereocenters. The van der Waals surface area contributed by atoms with E-state index in [0.717, 1.165) is 10.8 Å². The van der Waals surface area contributed by atoms with E-state index in [0.29, 0.717) is 0 Å². The number of aromatic nitrogens is 2. The lowest BCUT2D eigenvalue weighted by Crippen LogP contribution is -2.43. The first kappa shape index (κ1) is 14.8. The lowest BCUT2D eigenvalue weighted by Gasteiger charge is -2.26. The van der Waals surface area contributed by atoms with Crippen LogP contribution in [0.15, 0.2) is 6.20 Å². The van der Waals surface area contributed by atoms with Crippen molar-refractivity contribution in [2.45, 2.75) is 24.1 Å². The molecule has 0 aromatic carbocycles. The molecule has 0 bridgehead atoms. The number of hydrogen-bond donors (Lipinski definition) is 3. The third kappa shape index (κ3) is 2.06. The Labute approximate surface area is 117 Å². The van der Waals surface area contributed by atoms with Gasteiger partial charge in [-0.05, 0) is 12.2 Å². The zero-order chi connectivity index (χ0) is 15.1. The van der Waals surface area contributed by atoms with Crippen LogP contribution in [0.1, 0.15) is 6.23 Å². The number of halogens is 2. The summed E-state index contributed by atoms with van der Waals surface area (Å²) in [6.07, 6.45) is 1.00. The number of terminal acetylenes is 1. The average Bonchev–Trinajstić information content (AvgIpc) is 2.67. The average molecular weight is 303 g/mol. The molecule has 2 heterocycles. The molecule has 6 nitrogen and oxygen atoms in total. The molecule has 1 fully saturated rings. The second-order valence-corrected chi connectivity index (χ2v) is 4.61. The van der Waals surface area contributed by atoms with Crippen LogP contribution in [0.3, 0.4) is 0 Å². The molecule has 2 rings (SSSR count). The van der Waals surface area contributed by atoms with Crippen LogP contribution in [0.25, 0.3) is 0 Å². The van der Waals surface area contributed by atoms with Crippen LogP contribution >= 0.6 is 12.2 Å². The minimum absolute atomic E-state index is 0.242. The number of nitrogens with zero attached hydrogens (tertiary/aromatic N) is 2. The predicted octanol–water partition coefficient (Wildman–Crippen LogP) is -0.0740. The first-order chi connectivity index (χ1) is 9.35. The monoisotopic (exact) mass is 303 g/mol. The summed E-state index contributed by atoms with van der Waals surface area (Å²) in [5.74, 6) is 0.493. The number of alkyl halides is 1. The van der Waals surface area contributed by atoms with Crippen molar-refractivity contribution in [1.82, 2.24) is 9.55 Å². The van der Waals surface area contributed by atoms with Crippen molar-refractivity contribution in [3.05, 3.63) is 16.8 Å². The van der Waals surface area contributed by atoms with E-state index >= 15 is 0 Å². The second kappa shape index (κ2) is 5.06. The van der Waals surface area contributed by atoms with E-state index < -0.39 is 42.3 Å². The summed E-state index contributed by atoms with van der Waals surface area (Å²) in [6, 6.07) is 0. The van der Waals surface area contributed by atoms with Crippen LogP contribution in [0.2, 0.25) is 0 Å². The van der Waals surface area contributed by atoms with Gasteiger partial charge in [0, 0.05) is 6.20 Å². The summed E-state index contributed by atoms with van der Waals surface area (Å²) in [6.45, 7) is -0.708. The van der Waals surface area contributed by atoms with Gasteiger partial charge in [0.2, 0.25) is 10.4 Å². The number of ether oxygens (including phenoxy) is 1. The number of nitrogens with two attached hydrogens (primary N) is 1. The molecule has 0 saturated carbocycles. The van der Waals surface area contributed by atoms with E-state index in [1.807, 2.05) is 5.92 Å². The molecular formula is C11H11F2N3O3S. The highest BCUT2D eigenvalue weighted by molar-refractivity contribution is 7.71. The molecule has 1 aromatic heterocycles. The Morgan fingerprint density at radius 1 is 1.70 bits per heavy atom. The summed E-state index contributed by atoms with van der Waals surface area (Å²) < 4.78 is 33.2. The Morgan fingerprint density at radius 3 is 2.90 bits per heavy atom. The molecule has 108 valence electrons. The SMILES string of the molecule is C#CC1(O)[C@@H](F)[C@@H](CO)O[C@H]1n1cc(F)c(N)nc1=S. The van der Waals surface area contributed by atoms with Gasteiger partial charge in [0.05, 0.1) is 6.61 Å². The number of aliphatic hydroxyl groups is 2. The van der Waals surface area contributed by atoms with Crippen LogP contribution in [-0.2, 0) is 4.74 Å². The quantitative estimate of drug-likeness (QED) is 0.523. The number of nitrogen functional groups attached to an aromatic ring is 1. The Morgan fingerprint density at radius 2 is 2.35 bits per heavy atom. The number of hydrogen-bond acceptors (Lipinski definition) is 6. The van der Waals surface area contributed by atoms with Crippen LogP contribution in [0.5, 0.6) is 0 Å². The molecule has 0 aliphatic carbocycles. The summed E-state index contributed by atoms with van der Waals surface area (Å²) in [4.78, 5) is 3.53. The second-order valence-electron chi connectivity index (χ2n) is 4.24. The fourth-order valence-electron chi connectivity index (χ4n) is 1.95. The summed E-state index contributed by atoms with van der Waals surface area (Å²) >= 11 is 4.86. The van der Waals surface area contributed by atoms with Crippen molar-refractivity contribution in [1.29, 1.82) is 0 Å². The first-order valence-corrected chi connectivity index (χ1v) is 5.90. The Balaban J connectivity index is 2.55. The zero-order valence-corrected chi connectivity index (χ0v) is 10.8. The molecule has 20 heavy (non-hydrogen) atoms. The van der Waals surface area contributed by atoms with Gasteiger partial charge in [-0.2, -0.15) is 4.98 Å². The Kier molecular flexibility index (Phi) is 3.75. The van der Waals surface area contributed by atoms with Gasteiger partial charge < -0.3 is 20.7 Å². The Bertz CT molecular complexity index is 632. The largest absolute Gasteiger partial charge is 0.394 e. The number of aliphatic hydroxyl groups excluding tert-OH is 1. The predicted molar refractivity (Wildman–Crippen MR) is 67.1 cm³/mol. The highest BCUT2D eigenvalue weighted by atomic mass is 32.1. The van der Waals surface area contributed by atoms with Gasteiger partial charge in [0.1, 0.15) is 6.10 Å². The molecule has 1 aromatic rings. The molecule has 9 heteroatoms. The van der Waals surface area contributed by atoms with Crippen molar-refractivity contribution in [2.75, 3.05) is 12.3 Å². The fraction of sp³-hybridized carbons (Fsp3) is 0.455. The van der Waals surface area contributed by atoms with Crippen molar-refractivity contribution in [3.63, 3.8) is 0 Å². The molecule has 1 saturated heterocycles. The Hall–Kier alpha value is -1.60. The molecule has 1 aliphatic rings. The minimum atomic E-state index is -2.41. The fourth-order valence-corrected chi connectivity index (χ4v) is 2.19. The standard InChI is InChI=1S/C11H11F2N3O3S/c1-2-11(18)7(13)6(4-17)19-9(11)16-3-5(12)8(14)15-10(16)20/h1,3,6-7,9,17-18H,4H2,(H2,14,15,20)/t6-,7+,9-,11?/m1/s1. The van der Waals surface area contributed by atoms with Crippen LogP contribution in [0, 0.1) is 22.9 Å². The maximum Gasteiger partial charge on any atom is 0.204 e. The van der Waals surface area contributed by atoms with Crippen LogP contribution in [0.4, 0.5) is 14.6 Å². The van der Waals surface area contributed by atoms with E-state index in [1.54, 1.807) is 0 Å². The van der Waals surface area contributed by atoms with Crippen molar-refractivity contribution < 1.29 is 23.7 Å². The van der Waals surface area contributed by atoms with Gasteiger partial charge in [-0.1, -0.05) is 5.92 Å². The molecule has 4 atom stereocenters. The van der Waals surface area contributed by atoms with Crippen LogP contribution < -0.4 is 5.73 Å². The first-order valence-electron chi connectivity index (χ1n) is 5.49. The molecule has 1 aliphatic heterocycles. The van der Waals surface area contributed by atoms with E-state index in [2.05, 4.69) is 4.98 Å². The third-order valence-corrected chi connectivity index (χ3v) is 3.33. The van der Waals surface area contributed by atoms with Crippen molar-refractivity contribution in [3.8, 4) is 12.3 Å². The van der Waals surface area contributed by atoms with E-state index in [-0.39, 0.29) is 4.77 Å². The minimum Gasteiger partial charge on any atom is -0.394 e. The van der Waals surface area contributed by atoms with Gasteiger partial charge in [-0.25, -0.2) is 8.78 Å². The lowest BCUT2D eigenvalue weighted by atomic mass is 9.96. The highest BCUT2D eigenvalue weighted by Crippen LogP contribution is 2.40. The van der Waals surface area contributed by atoms with Crippen molar-refractivity contribution in [2.24, 2.45) is 0 Å². The summed E-state index contributed by atoms with van der Waals surface area (Å²) in [7, 11) is 0. The molecule has 4 N–H and O–H groups in total. The molecule has 0 radical (unpaired) electrons. The summed E-state index contributed by atoms with van der Waals surface area (Å²) in [5.41, 5.74) is 2.84. The lowest BCUT2D eigenvalue weighted by molar-refractivity contribution is -0.0742.